The van der Waals surface area contributed by atoms with E-state index in [1.165, 1.54) is 0 Å². The molecule has 0 bridgehead atoms. The maximum absolute atomic E-state index is 4.31. The lowest BCUT2D eigenvalue weighted by Gasteiger charge is -2.04. The highest BCUT2D eigenvalue weighted by Gasteiger charge is 2.03. The monoisotopic (exact) mass is 326 g/mol. The number of rotatable bonds is 7. The summed E-state index contributed by atoms with van der Waals surface area (Å²) in [5.74, 6) is 2.10. The average Bonchev–Trinajstić information content (AvgIpc) is 2.76. The Labute approximate surface area is 119 Å². The molecule has 6 heteroatoms. The Bertz CT molecular complexity index is 526. The molecule has 0 aliphatic heterocycles. The van der Waals surface area contributed by atoms with E-state index >= 15 is 0 Å². The first-order valence-electron chi connectivity index (χ1n) is 5.68. The summed E-state index contributed by atoms with van der Waals surface area (Å²) in [5, 5.41) is 3.41. The molecule has 2 heterocycles. The summed E-state index contributed by atoms with van der Waals surface area (Å²) in [4.78, 5) is 8.46. The van der Waals surface area contributed by atoms with Crippen LogP contribution in [0.1, 0.15) is 5.69 Å². The number of nitrogens with zero attached hydrogens (tertiary/aromatic N) is 3. The number of fused-ring (bicyclic) bond motifs is 1. The van der Waals surface area contributed by atoms with Crippen LogP contribution < -0.4 is 5.32 Å². The molecule has 18 heavy (non-hydrogen) atoms. The van der Waals surface area contributed by atoms with Gasteiger partial charge in [0.25, 0.3) is 0 Å². The fraction of sp³-hybridized carbons (Fsp3) is 0.333. The minimum Gasteiger partial charge on any atom is -0.310 e. The third-order valence-corrected chi connectivity index (χ3v) is 3.78. The maximum atomic E-state index is 4.31. The van der Waals surface area contributed by atoms with Gasteiger partial charge in [0.05, 0.1) is 18.1 Å². The van der Waals surface area contributed by atoms with Gasteiger partial charge in [-0.2, -0.15) is 11.8 Å². The summed E-state index contributed by atoms with van der Waals surface area (Å²) in [6, 6.07) is 0. The van der Waals surface area contributed by atoms with Crippen LogP contribution in [0.25, 0.3) is 5.65 Å². The van der Waals surface area contributed by atoms with E-state index in [-0.39, 0.29) is 0 Å². The van der Waals surface area contributed by atoms with Crippen LogP contribution in [-0.2, 0) is 6.54 Å². The largest absolute Gasteiger partial charge is 0.310 e. The second-order valence-electron chi connectivity index (χ2n) is 3.73. The van der Waals surface area contributed by atoms with Gasteiger partial charge >= 0.3 is 0 Å². The van der Waals surface area contributed by atoms with Crippen molar-refractivity contribution >= 4 is 33.3 Å². The zero-order valence-electron chi connectivity index (χ0n) is 9.97. The van der Waals surface area contributed by atoms with E-state index in [0.717, 1.165) is 40.5 Å². The molecule has 0 saturated carbocycles. The van der Waals surface area contributed by atoms with Crippen molar-refractivity contribution in [2.24, 2.45) is 0 Å². The molecule has 0 fully saturated rings. The van der Waals surface area contributed by atoms with Gasteiger partial charge in [-0.1, -0.05) is 6.08 Å². The van der Waals surface area contributed by atoms with Crippen molar-refractivity contribution in [1.29, 1.82) is 0 Å². The van der Waals surface area contributed by atoms with E-state index in [9.17, 15) is 0 Å². The van der Waals surface area contributed by atoms with Crippen LogP contribution in [0, 0.1) is 0 Å². The van der Waals surface area contributed by atoms with Crippen LogP contribution in [0.3, 0.4) is 0 Å². The predicted octanol–water partition coefficient (Wildman–Crippen LogP) is 2.50. The van der Waals surface area contributed by atoms with Crippen LogP contribution in [0.15, 0.2) is 35.8 Å². The molecule has 2 aromatic heterocycles. The lowest BCUT2D eigenvalue weighted by atomic mass is 10.4. The smallest absolute Gasteiger partial charge is 0.155 e. The van der Waals surface area contributed by atoms with Crippen LogP contribution in [0.5, 0.6) is 0 Å². The van der Waals surface area contributed by atoms with Gasteiger partial charge in [-0.25, -0.2) is 9.97 Å². The van der Waals surface area contributed by atoms with Crippen molar-refractivity contribution < 1.29 is 0 Å². The molecule has 0 saturated heterocycles. The van der Waals surface area contributed by atoms with Gasteiger partial charge < -0.3 is 5.32 Å². The second-order valence-corrected chi connectivity index (χ2v) is 5.69. The highest BCUT2D eigenvalue weighted by Crippen LogP contribution is 2.10. The number of thioether (sulfide) groups is 1. The molecule has 0 spiro atoms. The van der Waals surface area contributed by atoms with Gasteiger partial charge in [-0.3, -0.25) is 4.40 Å². The standard InChI is InChI=1S/C12H15BrN4S/c1-2-4-18-5-3-14-6-10-7-16-12-8-15-11(13)9-17(10)12/h2,7-9,14H,1,3-6H2. The van der Waals surface area contributed by atoms with Crippen LogP contribution in [-0.4, -0.2) is 32.4 Å². The Kier molecular flexibility index (Phi) is 5.22. The van der Waals surface area contributed by atoms with Gasteiger partial charge in [-0.05, 0) is 15.9 Å². The molecule has 0 aromatic carbocycles. The predicted molar refractivity (Wildman–Crippen MR) is 79.9 cm³/mol. The number of nitrogens with one attached hydrogen (secondary N) is 1. The SMILES string of the molecule is C=CCSCCNCc1cnc2cnc(Br)cn12. The molecule has 0 aliphatic carbocycles. The number of hydrogen-bond donors (Lipinski definition) is 1. The second kappa shape index (κ2) is 6.92. The van der Waals surface area contributed by atoms with E-state index in [1.54, 1.807) is 6.20 Å². The highest BCUT2D eigenvalue weighted by molar-refractivity contribution is 9.10. The first-order valence-corrected chi connectivity index (χ1v) is 7.63. The zero-order chi connectivity index (χ0) is 12.8. The van der Waals surface area contributed by atoms with Gasteiger partial charge in [0.1, 0.15) is 4.60 Å². The van der Waals surface area contributed by atoms with E-state index < -0.39 is 0 Å². The first-order chi connectivity index (χ1) is 8.81. The fourth-order valence-corrected chi connectivity index (χ4v) is 2.50. The van der Waals surface area contributed by atoms with E-state index in [1.807, 2.05) is 34.6 Å². The Morgan fingerprint density at radius 3 is 3.17 bits per heavy atom. The first kappa shape index (κ1) is 13.6. The fourth-order valence-electron chi connectivity index (χ4n) is 1.57. The minimum atomic E-state index is 0.812. The summed E-state index contributed by atoms with van der Waals surface area (Å²) in [5.41, 5.74) is 2.01. The van der Waals surface area contributed by atoms with E-state index in [4.69, 9.17) is 0 Å². The normalized spacial score (nSPS) is 10.9. The topological polar surface area (TPSA) is 42.2 Å². The Morgan fingerprint density at radius 2 is 2.33 bits per heavy atom. The molecule has 0 unspecified atom stereocenters. The molecule has 4 nitrogen and oxygen atoms in total. The summed E-state index contributed by atoms with van der Waals surface area (Å²) >= 11 is 5.24. The summed E-state index contributed by atoms with van der Waals surface area (Å²) in [7, 11) is 0. The lowest BCUT2D eigenvalue weighted by Crippen LogP contribution is -2.17. The van der Waals surface area contributed by atoms with Gasteiger partial charge in [0.2, 0.25) is 0 Å². The molecule has 0 aliphatic rings. The molecule has 0 radical (unpaired) electrons. The molecular weight excluding hydrogens is 312 g/mol. The Balaban J connectivity index is 1.87. The van der Waals surface area contributed by atoms with Crippen LogP contribution in [0.2, 0.25) is 0 Å². The molecule has 96 valence electrons. The lowest BCUT2D eigenvalue weighted by molar-refractivity contribution is 0.709. The summed E-state index contributed by atoms with van der Waals surface area (Å²) < 4.78 is 2.86. The van der Waals surface area contributed by atoms with Crippen molar-refractivity contribution in [2.75, 3.05) is 18.1 Å². The van der Waals surface area contributed by atoms with Crippen molar-refractivity contribution in [3.8, 4) is 0 Å². The van der Waals surface area contributed by atoms with Gasteiger partial charge in [-0.15, -0.1) is 6.58 Å². The molecule has 0 atom stereocenters. The molecule has 0 amide bonds. The third-order valence-electron chi connectivity index (χ3n) is 2.41. The third kappa shape index (κ3) is 3.57. The number of imidazole rings is 1. The highest BCUT2D eigenvalue weighted by atomic mass is 79.9. The molecule has 2 rings (SSSR count). The van der Waals surface area contributed by atoms with Crippen LogP contribution in [0.4, 0.5) is 0 Å². The zero-order valence-corrected chi connectivity index (χ0v) is 12.4. The van der Waals surface area contributed by atoms with Crippen LogP contribution >= 0.6 is 27.7 Å². The summed E-state index contributed by atoms with van der Waals surface area (Å²) in [6.07, 6.45) is 7.51. The minimum absolute atomic E-state index is 0.812. The average molecular weight is 327 g/mol. The Hall–Kier alpha value is -0.850. The van der Waals surface area contributed by atoms with Crippen molar-refractivity contribution in [3.63, 3.8) is 0 Å². The molecular formula is C12H15BrN4S. The molecule has 1 N–H and O–H groups in total. The Morgan fingerprint density at radius 1 is 1.44 bits per heavy atom. The summed E-state index contributed by atoms with van der Waals surface area (Å²) in [6.45, 7) is 5.49. The van der Waals surface area contributed by atoms with Crippen molar-refractivity contribution in [3.05, 3.63) is 41.5 Å². The number of hydrogen-bond acceptors (Lipinski definition) is 4. The maximum Gasteiger partial charge on any atom is 0.155 e. The van der Waals surface area contributed by atoms with Gasteiger partial charge in [0, 0.05) is 30.8 Å². The van der Waals surface area contributed by atoms with E-state index in [2.05, 4.69) is 37.8 Å². The molecule has 2 aromatic rings. The van der Waals surface area contributed by atoms with Crippen molar-refractivity contribution in [2.45, 2.75) is 6.54 Å². The van der Waals surface area contributed by atoms with Crippen molar-refractivity contribution in [1.82, 2.24) is 19.7 Å². The quantitative estimate of drug-likeness (QED) is 0.627. The van der Waals surface area contributed by atoms with E-state index in [0.29, 0.717) is 0 Å². The van der Waals surface area contributed by atoms with Gasteiger partial charge in [0.15, 0.2) is 5.65 Å². The number of halogens is 1. The number of aromatic nitrogens is 3.